The topological polar surface area (TPSA) is 65.3 Å². The van der Waals surface area contributed by atoms with Crippen LogP contribution >= 0.6 is 0 Å². The number of carbonyl (C=O) groups excluding carboxylic acids is 1. The van der Waals surface area contributed by atoms with Crippen LogP contribution in [0.25, 0.3) is 0 Å². The normalized spacial score (nSPS) is 26.1. The van der Waals surface area contributed by atoms with Crippen molar-refractivity contribution >= 4 is 5.78 Å². The average molecular weight is 165 g/mol. The molecular formula is C7H7N3O2. The molecule has 1 unspecified atom stereocenters. The Morgan fingerprint density at radius 2 is 2.50 bits per heavy atom. The van der Waals surface area contributed by atoms with Crippen LogP contribution in [0.5, 0.6) is 0 Å². The average Bonchev–Trinajstić information content (AvgIpc) is 2.49. The zero-order chi connectivity index (χ0) is 8.55. The minimum absolute atomic E-state index is 0.0912. The Morgan fingerprint density at radius 1 is 1.67 bits per heavy atom. The first-order chi connectivity index (χ1) is 5.83. The molecule has 5 nitrogen and oxygen atoms in total. The number of carbonyl (C=O) groups is 1. The first-order valence-corrected chi connectivity index (χ1v) is 3.54. The summed E-state index contributed by atoms with van der Waals surface area (Å²) < 4.78 is 0. The summed E-state index contributed by atoms with van der Waals surface area (Å²) in [6.07, 6.45) is 4.80. The lowest BCUT2D eigenvalue weighted by Crippen LogP contribution is -2.36. The summed E-state index contributed by atoms with van der Waals surface area (Å²) in [6.45, 7) is -0.287. The van der Waals surface area contributed by atoms with Gasteiger partial charge in [0, 0.05) is 0 Å². The number of aliphatic hydroxyl groups excluding tert-OH is 1. The predicted molar refractivity (Wildman–Crippen MR) is 39.8 cm³/mol. The van der Waals surface area contributed by atoms with E-state index in [0.29, 0.717) is 5.70 Å². The summed E-state index contributed by atoms with van der Waals surface area (Å²) in [7, 11) is 0. The van der Waals surface area contributed by atoms with Crippen molar-refractivity contribution < 1.29 is 9.90 Å². The number of ketones is 1. The number of fused-ring (bicyclic) bond motifs is 1. The second kappa shape index (κ2) is 2.53. The largest absolute Gasteiger partial charge is 0.375 e. The molecular weight excluding hydrogens is 158 g/mol. The molecule has 0 spiro atoms. The van der Waals surface area contributed by atoms with Crippen LogP contribution in [0.3, 0.4) is 0 Å². The number of hydrogen-bond donors (Lipinski definition) is 1. The fraction of sp³-hybridized carbons (Fsp3) is 0.286. The predicted octanol–water partition coefficient (Wildman–Crippen LogP) is 0.0104. The van der Waals surface area contributed by atoms with Crippen LogP contribution in [0.1, 0.15) is 0 Å². The van der Waals surface area contributed by atoms with Gasteiger partial charge in [0.15, 0.2) is 11.8 Å². The molecule has 0 bridgehead atoms. The number of aliphatic hydroxyl groups is 1. The zero-order valence-corrected chi connectivity index (χ0v) is 6.21. The van der Waals surface area contributed by atoms with Gasteiger partial charge in [-0.3, -0.25) is 4.79 Å². The van der Waals surface area contributed by atoms with E-state index in [9.17, 15) is 4.79 Å². The Morgan fingerprint density at radius 3 is 3.25 bits per heavy atom. The Bertz CT molecular complexity index is 306. The second-order valence-electron chi connectivity index (χ2n) is 2.53. The summed E-state index contributed by atoms with van der Waals surface area (Å²) in [5.74, 6) is -0.0912. The van der Waals surface area contributed by atoms with Crippen LogP contribution in [0, 0.1) is 0 Å². The third-order valence-corrected chi connectivity index (χ3v) is 1.80. The highest BCUT2D eigenvalue weighted by Gasteiger charge is 2.33. The molecule has 62 valence electrons. The minimum Gasteiger partial charge on any atom is -0.375 e. The fourth-order valence-electron chi connectivity index (χ4n) is 1.23. The van der Waals surface area contributed by atoms with Crippen molar-refractivity contribution in [2.45, 2.75) is 6.04 Å². The van der Waals surface area contributed by atoms with Gasteiger partial charge in [-0.15, -0.1) is 5.11 Å². The highest BCUT2D eigenvalue weighted by Crippen LogP contribution is 2.24. The van der Waals surface area contributed by atoms with Gasteiger partial charge in [-0.05, 0) is 12.2 Å². The Hall–Kier alpha value is -1.49. The van der Waals surface area contributed by atoms with Crippen LogP contribution in [0.15, 0.2) is 34.3 Å². The van der Waals surface area contributed by atoms with Gasteiger partial charge in [-0.2, -0.15) is 0 Å². The summed E-state index contributed by atoms with van der Waals surface area (Å²) in [5.41, 5.74) is 0.594. The van der Waals surface area contributed by atoms with Gasteiger partial charge in [0.1, 0.15) is 6.73 Å². The number of hydrogen-bond acceptors (Lipinski definition) is 5. The molecule has 5 heteroatoms. The quantitative estimate of drug-likeness (QED) is 0.595. The molecule has 1 heterocycles. The highest BCUT2D eigenvalue weighted by atomic mass is 16.3. The maximum atomic E-state index is 11.2. The first-order valence-electron chi connectivity index (χ1n) is 3.54. The Kier molecular flexibility index (Phi) is 1.51. The van der Waals surface area contributed by atoms with Crippen LogP contribution in [-0.4, -0.2) is 28.7 Å². The van der Waals surface area contributed by atoms with Gasteiger partial charge in [-0.25, -0.2) is 5.01 Å². The molecule has 12 heavy (non-hydrogen) atoms. The maximum absolute atomic E-state index is 11.2. The first kappa shape index (κ1) is 7.17. The summed E-state index contributed by atoms with van der Waals surface area (Å²) in [5, 5.41) is 17.4. The molecule has 0 amide bonds. The monoisotopic (exact) mass is 165 g/mol. The minimum atomic E-state index is -0.500. The Balaban J connectivity index is 2.33. The molecule has 0 fully saturated rings. The van der Waals surface area contributed by atoms with Gasteiger partial charge in [0.05, 0.1) is 5.70 Å². The molecule has 0 saturated carbocycles. The summed E-state index contributed by atoms with van der Waals surface area (Å²) >= 11 is 0. The molecule has 2 rings (SSSR count). The molecule has 1 aliphatic carbocycles. The van der Waals surface area contributed by atoms with E-state index >= 15 is 0 Å². The lowest BCUT2D eigenvalue weighted by atomic mass is 10.0. The van der Waals surface area contributed by atoms with Gasteiger partial charge in [0.2, 0.25) is 0 Å². The second-order valence-corrected chi connectivity index (χ2v) is 2.53. The van der Waals surface area contributed by atoms with E-state index in [1.54, 1.807) is 12.2 Å². The van der Waals surface area contributed by atoms with Crippen molar-refractivity contribution in [1.82, 2.24) is 5.01 Å². The van der Waals surface area contributed by atoms with E-state index in [1.807, 2.05) is 0 Å². The third kappa shape index (κ3) is 0.868. The van der Waals surface area contributed by atoms with Crippen molar-refractivity contribution in [2.75, 3.05) is 6.73 Å². The van der Waals surface area contributed by atoms with Gasteiger partial charge < -0.3 is 5.11 Å². The van der Waals surface area contributed by atoms with Crippen molar-refractivity contribution in [2.24, 2.45) is 10.3 Å². The van der Waals surface area contributed by atoms with Gasteiger partial charge >= 0.3 is 0 Å². The van der Waals surface area contributed by atoms with E-state index in [0.717, 1.165) is 0 Å². The number of nitrogens with zero attached hydrogens (tertiary/aromatic N) is 3. The lowest BCUT2D eigenvalue weighted by molar-refractivity contribution is -0.119. The molecule has 0 aromatic rings. The lowest BCUT2D eigenvalue weighted by Gasteiger charge is -2.18. The molecule has 1 aliphatic heterocycles. The SMILES string of the molecule is O=C1C=CC=C2N=NN(CO)C12. The molecule has 0 aromatic heterocycles. The van der Waals surface area contributed by atoms with Crippen LogP contribution < -0.4 is 0 Å². The zero-order valence-electron chi connectivity index (χ0n) is 6.21. The van der Waals surface area contributed by atoms with Crippen LogP contribution in [-0.2, 0) is 4.79 Å². The van der Waals surface area contributed by atoms with E-state index in [-0.39, 0.29) is 12.5 Å². The smallest absolute Gasteiger partial charge is 0.186 e. The summed E-state index contributed by atoms with van der Waals surface area (Å²) in [6, 6.07) is -0.500. The van der Waals surface area contributed by atoms with Crippen molar-refractivity contribution in [3.63, 3.8) is 0 Å². The van der Waals surface area contributed by atoms with E-state index < -0.39 is 6.04 Å². The van der Waals surface area contributed by atoms with E-state index in [1.165, 1.54) is 11.1 Å². The van der Waals surface area contributed by atoms with Crippen molar-refractivity contribution in [3.05, 3.63) is 23.9 Å². The molecule has 1 N–H and O–H groups in total. The molecule has 2 aliphatic rings. The highest BCUT2D eigenvalue weighted by molar-refractivity contribution is 5.98. The Labute approximate surface area is 68.7 Å². The van der Waals surface area contributed by atoms with Crippen LogP contribution in [0.4, 0.5) is 0 Å². The van der Waals surface area contributed by atoms with Gasteiger partial charge in [-0.1, -0.05) is 11.3 Å². The molecule has 0 saturated heterocycles. The number of allylic oxidation sites excluding steroid dienone is 2. The van der Waals surface area contributed by atoms with E-state index in [4.69, 9.17) is 5.11 Å². The van der Waals surface area contributed by atoms with Gasteiger partial charge in [0.25, 0.3) is 0 Å². The van der Waals surface area contributed by atoms with Crippen molar-refractivity contribution in [1.29, 1.82) is 0 Å². The van der Waals surface area contributed by atoms with Crippen LogP contribution in [0.2, 0.25) is 0 Å². The molecule has 0 aromatic carbocycles. The molecule has 0 radical (unpaired) electrons. The van der Waals surface area contributed by atoms with E-state index in [2.05, 4.69) is 10.3 Å². The standard InChI is InChI=1S/C7H7N3O2/c11-4-10-7-5(8-9-10)2-1-3-6(7)12/h1-3,7,11H,4H2. The summed E-state index contributed by atoms with van der Waals surface area (Å²) in [4.78, 5) is 11.2. The maximum Gasteiger partial charge on any atom is 0.186 e. The molecule has 1 atom stereocenters. The number of rotatable bonds is 1. The van der Waals surface area contributed by atoms with Crippen molar-refractivity contribution in [3.8, 4) is 0 Å². The fourth-order valence-corrected chi connectivity index (χ4v) is 1.23. The third-order valence-electron chi connectivity index (χ3n) is 1.80.